The van der Waals surface area contributed by atoms with E-state index in [1.165, 1.54) is 13.2 Å². The van der Waals surface area contributed by atoms with Crippen molar-refractivity contribution < 1.29 is 14.6 Å². The number of ether oxygens (including phenoxy) is 1. The van der Waals surface area contributed by atoms with E-state index in [4.69, 9.17) is 16.3 Å². The lowest BCUT2D eigenvalue weighted by atomic mass is 9.94. The van der Waals surface area contributed by atoms with Gasteiger partial charge in [-0.05, 0) is 25.0 Å². The highest BCUT2D eigenvalue weighted by Crippen LogP contribution is 2.26. The molecule has 1 fully saturated rings. The van der Waals surface area contributed by atoms with Gasteiger partial charge in [-0.1, -0.05) is 12.8 Å². The number of hydrogen-bond donors (Lipinski definition) is 2. The first-order valence-corrected chi connectivity index (χ1v) is 6.87. The first-order chi connectivity index (χ1) is 9.11. The number of carbonyl (C=O) groups is 1. The molecule has 0 heterocycles. The van der Waals surface area contributed by atoms with Gasteiger partial charge in [0.2, 0.25) is 0 Å². The minimum Gasteiger partial charge on any atom is -0.507 e. The standard InChI is InChI=1S/C14H18ClNO3/c1-19-9-6-7-10(13(17)8-9)14(18)16-12-5-3-2-4-11(12)15/h6-8,11-12,17H,2-5H2,1H3,(H,16,18). The van der Waals surface area contributed by atoms with Crippen molar-refractivity contribution in [3.05, 3.63) is 23.8 Å². The maximum atomic E-state index is 12.1. The van der Waals surface area contributed by atoms with Crippen molar-refractivity contribution >= 4 is 17.5 Å². The quantitative estimate of drug-likeness (QED) is 0.839. The van der Waals surface area contributed by atoms with Crippen LogP contribution in [0.4, 0.5) is 0 Å². The molecule has 19 heavy (non-hydrogen) atoms. The maximum Gasteiger partial charge on any atom is 0.255 e. The zero-order valence-electron chi connectivity index (χ0n) is 10.9. The lowest BCUT2D eigenvalue weighted by molar-refractivity contribution is 0.0926. The zero-order chi connectivity index (χ0) is 13.8. The van der Waals surface area contributed by atoms with Gasteiger partial charge in [0.25, 0.3) is 5.91 Å². The molecule has 104 valence electrons. The minimum atomic E-state index is -0.294. The summed E-state index contributed by atoms with van der Waals surface area (Å²) < 4.78 is 4.98. The molecule has 4 nitrogen and oxygen atoms in total. The molecule has 0 radical (unpaired) electrons. The predicted octanol–water partition coefficient (Wildman–Crippen LogP) is 2.68. The van der Waals surface area contributed by atoms with Crippen LogP contribution in [0, 0.1) is 0 Å². The second-order valence-corrected chi connectivity index (χ2v) is 5.32. The summed E-state index contributed by atoms with van der Waals surface area (Å²) in [6.45, 7) is 0. The van der Waals surface area contributed by atoms with Crippen LogP contribution < -0.4 is 10.1 Å². The van der Waals surface area contributed by atoms with Crippen molar-refractivity contribution in [3.8, 4) is 11.5 Å². The van der Waals surface area contributed by atoms with E-state index >= 15 is 0 Å². The Hall–Kier alpha value is -1.42. The van der Waals surface area contributed by atoms with Crippen LogP contribution in [-0.2, 0) is 0 Å². The molecular weight excluding hydrogens is 266 g/mol. The number of methoxy groups -OCH3 is 1. The van der Waals surface area contributed by atoms with E-state index in [0.29, 0.717) is 5.75 Å². The number of phenolic OH excluding ortho intramolecular Hbond substituents is 1. The summed E-state index contributed by atoms with van der Waals surface area (Å²) in [7, 11) is 1.51. The molecule has 1 aromatic carbocycles. The third kappa shape index (κ3) is 3.32. The third-order valence-electron chi connectivity index (χ3n) is 3.45. The van der Waals surface area contributed by atoms with Gasteiger partial charge < -0.3 is 15.2 Å². The van der Waals surface area contributed by atoms with Gasteiger partial charge >= 0.3 is 0 Å². The molecule has 0 aromatic heterocycles. The number of nitrogens with one attached hydrogen (secondary N) is 1. The van der Waals surface area contributed by atoms with E-state index in [1.807, 2.05) is 0 Å². The summed E-state index contributed by atoms with van der Waals surface area (Å²) in [4.78, 5) is 12.1. The number of phenols is 1. The Bertz CT molecular complexity index is 464. The van der Waals surface area contributed by atoms with Crippen molar-refractivity contribution in [2.75, 3.05) is 7.11 Å². The number of benzene rings is 1. The van der Waals surface area contributed by atoms with E-state index < -0.39 is 0 Å². The molecule has 1 aliphatic rings. The number of halogens is 1. The third-order valence-corrected chi connectivity index (χ3v) is 3.97. The van der Waals surface area contributed by atoms with Crippen LogP contribution >= 0.6 is 11.6 Å². The van der Waals surface area contributed by atoms with Crippen molar-refractivity contribution in [3.63, 3.8) is 0 Å². The van der Waals surface area contributed by atoms with Crippen LogP contribution in [0.3, 0.4) is 0 Å². The number of aromatic hydroxyl groups is 1. The van der Waals surface area contributed by atoms with Crippen molar-refractivity contribution in [2.24, 2.45) is 0 Å². The first-order valence-electron chi connectivity index (χ1n) is 6.43. The zero-order valence-corrected chi connectivity index (χ0v) is 11.6. The summed E-state index contributed by atoms with van der Waals surface area (Å²) >= 11 is 6.20. The van der Waals surface area contributed by atoms with E-state index in [0.717, 1.165) is 25.7 Å². The lowest BCUT2D eigenvalue weighted by Gasteiger charge is -2.27. The Morgan fingerprint density at radius 1 is 1.42 bits per heavy atom. The molecular formula is C14H18ClNO3. The first kappa shape index (κ1) is 14.0. The molecule has 2 N–H and O–H groups in total. The molecule has 0 saturated heterocycles. The van der Waals surface area contributed by atoms with E-state index in [2.05, 4.69) is 5.32 Å². The van der Waals surface area contributed by atoms with Gasteiger partial charge in [-0.3, -0.25) is 4.79 Å². The predicted molar refractivity (Wildman–Crippen MR) is 74.0 cm³/mol. The molecule has 1 amide bonds. The summed E-state index contributed by atoms with van der Waals surface area (Å²) in [5, 5.41) is 12.7. The highest BCUT2D eigenvalue weighted by atomic mass is 35.5. The molecule has 5 heteroatoms. The molecule has 0 bridgehead atoms. The second kappa shape index (κ2) is 6.15. The average molecular weight is 284 g/mol. The van der Waals surface area contributed by atoms with E-state index in [9.17, 15) is 9.90 Å². The maximum absolute atomic E-state index is 12.1. The summed E-state index contributed by atoms with van der Waals surface area (Å²) in [5.41, 5.74) is 0.246. The van der Waals surface area contributed by atoms with Crippen LogP contribution in [0.15, 0.2) is 18.2 Å². The smallest absolute Gasteiger partial charge is 0.255 e. The van der Waals surface area contributed by atoms with Gasteiger partial charge in [-0.15, -0.1) is 11.6 Å². The largest absolute Gasteiger partial charge is 0.507 e. The number of carbonyl (C=O) groups excluding carboxylic acids is 1. The van der Waals surface area contributed by atoms with Gasteiger partial charge in [0.15, 0.2) is 0 Å². The van der Waals surface area contributed by atoms with Crippen LogP contribution in [0.25, 0.3) is 0 Å². The van der Waals surface area contributed by atoms with Crippen LogP contribution in [0.2, 0.25) is 0 Å². The summed E-state index contributed by atoms with van der Waals surface area (Å²) in [6, 6.07) is 4.60. The fraction of sp³-hybridized carbons (Fsp3) is 0.500. The van der Waals surface area contributed by atoms with Gasteiger partial charge in [0.1, 0.15) is 11.5 Å². The molecule has 1 saturated carbocycles. The monoisotopic (exact) mass is 283 g/mol. The minimum absolute atomic E-state index is 0.0237. The topological polar surface area (TPSA) is 58.6 Å². The Morgan fingerprint density at radius 2 is 2.16 bits per heavy atom. The Balaban J connectivity index is 2.07. The number of rotatable bonds is 3. The van der Waals surface area contributed by atoms with E-state index in [1.54, 1.807) is 12.1 Å². The van der Waals surface area contributed by atoms with Crippen molar-refractivity contribution in [2.45, 2.75) is 37.1 Å². The van der Waals surface area contributed by atoms with Crippen LogP contribution in [0.5, 0.6) is 11.5 Å². The van der Waals surface area contributed by atoms with Gasteiger partial charge in [0.05, 0.1) is 18.1 Å². The molecule has 1 aliphatic carbocycles. The van der Waals surface area contributed by atoms with E-state index in [-0.39, 0.29) is 28.6 Å². The lowest BCUT2D eigenvalue weighted by Crippen LogP contribution is -2.42. The SMILES string of the molecule is COc1ccc(C(=O)NC2CCCCC2Cl)c(O)c1. The molecule has 0 aliphatic heterocycles. The van der Waals surface area contributed by atoms with Crippen LogP contribution in [-0.4, -0.2) is 29.5 Å². The normalized spacial score (nSPS) is 22.8. The summed E-state index contributed by atoms with van der Waals surface area (Å²) in [5.74, 6) is 0.137. The van der Waals surface area contributed by atoms with Gasteiger partial charge in [-0.25, -0.2) is 0 Å². The number of amides is 1. The molecule has 2 rings (SSSR count). The number of alkyl halides is 1. The highest BCUT2D eigenvalue weighted by molar-refractivity contribution is 6.21. The Morgan fingerprint density at radius 3 is 2.79 bits per heavy atom. The van der Waals surface area contributed by atoms with Crippen molar-refractivity contribution in [1.82, 2.24) is 5.32 Å². The Labute approximate surface area is 117 Å². The Kier molecular flexibility index (Phi) is 4.53. The van der Waals surface area contributed by atoms with Gasteiger partial charge in [0, 0.05) is 12.1 Å². The molecule has 0 spiro atoms. The molecule has 2 unspecified atom stereocenters. The number of hydrogen-bond acceptors (Lipinski definition) is 3. The average Bonchev–Trinajstić information content (AvgIpc) is 2.41. The summed E-state index contributed by atoms with van der Waals surface area (Å²) in [6.07, 6.45) is 3.98. The highest BCUT2D eigenvalue weighted by Gasteiger charge is 2.25. The second-order valence-electron chi connectivity index (χ2n) is 4.76. The fourth-order valence-electron chi connectivity index (χ4n) is 2.32. The molecule has 1 aromatic rings. The fourth-order valence-corrected chi connectivity index (χ4v) is 2.67. The molecule has 2 atom stereocenters. The van der Waals surface area contributed by atoms with Crippen LogP contribution in [0.1, 0.15) is 36.0 Å². The van der Waals surface area contributed by atoms with Gasteiger partial charge in [-0.2, -0.15) is 0 Å². The van der Waals surface area contributed by atoms with Crippen molar-refractivity contribution in [1.29, 1.82) is 0 Å².